The van der Waals surface area contributed by atoms with Crippen molar-refractivity contribution in [2.24, 2.45) is 0 Å². The molecule has 2 atom stereocenters. The first-order chi connectivity index (χ1) is 14.8. The number of fused-ring (bicyclic) bond motifs is 3. The number of carbonyl (C=O) groups is 1. The molecule has 2 aromatic carbocycles. The predicted molar refractivity (Wildman–Crippen MR) is 118 cm³/mol. The Morgan fingerprint density at radius 2 is 1.97 bits per heavy atom. The maximum Gasteiger partial charge on any atom is 0.328 e. The second-order valence-electron chi connectivity index (χ2n) is 7.92. The molecule has 6 heteroatoms. The summed E-state index contributed by atoms with van der Waals surface area (Å²) in [6.45, 7) is 8.18. The van der Waals surface area contributed by atoms with Crippen LogP contribution in [0.15, 0.2) is 54.8 Å². The monoisotopic (exact) mass is 422 g/mol. The van der Waals surface area contributed by atoms with E-state index in [0.29, 0.717) is 6.42 Å². The van der Waals surface area contributed by atoms with E-state index in [-0.39, 0.29) is 17.2 Å². The third kappa shape index (κ3) is 3.63. The number of aromatic amines is 1. The van der Waals surface area contributed by atoms with Gasteiger partial charge in [-0.15, -0.1) is 0 Å². The van der Waals surface area contributed by atoms with Crippen LogP contribution in [-0.4, -0.2) is 27.0 Å². The van der Waals surface area contributed by atoms with Gasteiger partial charge in [0, 0.05) is 34.4 Å². The molecule has 2 N–H and O–H groups in total. The fraction of sp³-hybridized carbons (Fsp3) is 0.240. The van der Waals surface area contributed by atoms with Gasteiger partial charge in [0.2, 0.25) is 0 Å². The van der Waals surface area contributed by atoms with Crippen LogP contribution in [0.2, 0.25) is 0 Å². The molecule has 1 aliphatic rings. The highest BCUT2D eigenvalue weighted by Crippen LogP contribution is 2.44. The predicted octanol–water partition coefficient (Wildman–Crippen LogP) is 5.80. The van der Waals surface area contributed by atoms with Crippen LogP contribution in [0.3, 0.4) is 0 Å². The molecule has 0 fully saturated rings. The summed E-state index contributed by atoms with van der Waals surface area (Å²) < 4.78 is 30.7. The van der Waals surface area contributed by atoms with Gasteiger partial charge in [0.25, 0.3) is 0 Å². The molecule has 1 aliphatic heterocycles. The first kappa shape index (κ1) is 20.8. The Morgan fingerprint density at radius 3 is 2.61 bits per heavy atom. The molecule has 4 nitrogen and oxygen atoms in total. The molecule has 31 heavy (non-hydrogen) atoms. The van der Waals surface area contributed by atoms with E-state index >= 15 is 8.78 Å². The summed E-state index contributed by atoms with van der Waals surface area (Å²) in [5.41, 5.74) is 3.64. The number of aliphatic carboxylic acids is 1. The molecule has 0 saturated carbocycles. The Bertz CT molecular complexity index is 1190. The highest BCUT2D eigenvalue weighted by Gasteiger charge is 2.38. The highest BCUT2D eigenvalue weighted by atomic mass is 19.1. The summed E-state index contributed by atoms with van der Waals surface area (Å²) in [5.74, 6) is -2.62. The van der Waals surface area contributed by atoms with E-state index in [1.54, 1.807) is 0 Å². The molecule has 0 unspecified atom stereocenters. The van der Waals surface area contributed by atoms with Crippen LogP contribution < -0.4 is 0 Å². The van der Waals surface area contributed by atoms with Crippen molar-refractivity contribution in [3.8, 4) is 0 Å². The van der Waals surface area contributed by atoms with E-state index < -0.39 is 23.6 Å². The van der Waals surface area contributed by atoms with Gasteiger partial charge in [0.1, 0.15) is 17.7 Å². The van der Waals surface area contributed by atoms with Gasteiger partial charge in [-0.1, -0.05) is 31.7 Å². The second-order valence-corrected chi connectivity index (χ2v) is 7.92. The number of nitrogens with one attached hydrogen (secondary N) is 1. The largest absolute Gasteiger partial charge is 0.478 e. The summed E-state index contributed by atoms with van der Waals surface area (Å²) >= 11 is 0. The van der Waals surface area contributed by atoms with Crippen LogP contribution in [0.4, 0.5) is 8.78 Å². The standard InChI is InChI=1S/C25H24F2N2O2/c1-4-14(2)29-15(3)11-18-17-7-5-6-8-21(17)28-24(18)25(29)23-19(26)12-16(13-20(23)27)9-10-22(30)31/h5-10,12-13,15,25,28H,2,4,11H2,1,3H3,(H,30,31)/b10-9+/t15-,25-/m0/s1. The van der Waals surface area contributed by atoms with Crippen molar-refractivity contribution in [1.82, 2.24) is 9.88 Å². The zero-order chi connectivity index (χ0) is 22.3. The number of halogens is 2. The van der Waals surface area contributed by atoms with Crippen LogP contribution in [0.25, 0.3) is 17.0 Å². The maximum absolute atomic E-state index is 15.3. The zero-order valence-corrected chi connectivity index (χ0v) is 17.5. The van der Waals surface area contributed by atoms with Gasteiger partial charge < -0.3 is 15.0 Å². The molecule has 0 saturated heterocycles. The van der Waals surface area contributed by atoms with E-state index in [1.807, 2.05) is 43.0 Å². The lowest BCUT2D eigenvalue weighted by atomic mass is 9.87. The van der Waals surface area contributed by atoms with Gasteiger partial charge in [-0.2, -0.15) is 0 Å². The minimum absolute atomic E-state index is 0.00506. The quantitative estimate of drug-likeness (QED) is 0.511. The van der Waals surface area contributed by atoms with Crippen molar-refractivity contribution in [2.75, 3.05) is 0 Å². The molecule has 0 bridgehead atoms. The Hall–Kier alpha value is -3.41. The van der Waals surface area contributed by atoms with Gasteiger partial charge in [-0.05, 0) is 55.2 Å². The Morgan fingerprint density at radius 1 is 1.29 bits per heavy atom. The molecule has 0 spiro atoms. The summed E-state index contributed by atoms with van der Waals surface area (Å²) in [5, 5.41) is 9.86. The van der Waals surface area contributed by atoms with Crippen molar-refractivity contribution in [3.05, 3.63) is 88.8 Å². The minimum atomic E-state index is -1.18. The Kier molecular flexibility index (Phi) is 5.39. The number of hydrogen-bond acceptors (Lipinski definition) is 2. The number of para-hydroxylation sites is 1. The lowest BCUT2D eigenvalue weighted by Crippen LogP contribution is -2.42. The summed E-state index contributed by atoms with van der Waals surface area (Å²) in [4.78, 5) is 16.2. The summed E-state index contributed by atoms with van der Waals surface area (Å²) in [6, 6.07) is 9.50. The van der Waals surface area contributed by atoms with Crippen LogP contribution >= 0.6 is 0 Å². The molecule has 2 heterocycles. The zero-order valence-electron chi connectivity index (χ0n) is 17.5. The van der Waals surface area contributed by atoms with E-state index in [4.69, 9.17) is 5.11 Å². The van der Waals surface area contributed by atoms with E-state index in [2.05, 4.69) is 11.6 Å². The molecule has 1 aromatic heterocycles. The molecule has 3 aromatic rings. The van der Waals surface area contributed by atoms with Crippen molar-refractivity contribution >= 4 is 22.9 Å². The van der Waals surface area contributed by atoms with Crippen molar-refractivity contribution in [1.29, 1.82) is 0 Å². The SMILES string of the molecule is C=C(CC)N1[C@@H](c2c(F)cc(/C=C/C(=O)O)cc2F)c2[nH]c3ccccc3c2C[C@@H]1C. The van der Waals surface area contributed by atoms with Crippen LogP contribution in [0, 0.1) is 11.6 Å². The first-order valence-corrected chi connectivity index (χ1v) is 10.3. The summed E-state index contributed by atoms with van der Waals surface area (Å²) in [7, 11) is 0. The van der Waals surface area contributed by atoms with Crippen molar-refractivity contribution < 1.29 is 18.7 Å². The number of hydrogen-bond donors (Lipinski definition) is 2. The molecule has 0 radical (unpaired) electrons. The van der Waals surface area contributed by atoms with Crippen molar-refractivity contribution in [3.63, 3.8) is 0 Å². The average Bonchev–Trinajstić information content (AvgIpc) is 3.09. The Labute approximate surface area is 179 Å². The second kappa shape index (κ2) is 8.02. The van der Waals surface area contributed by atoms with Crippen LogP contribution in [-0.2, 0) is 11.2 Å². The van der Waals surface area contributed by atoms with Gasteiger partial charge in [-0.25, -0.2) is 13.6 Å². The number of nitrogens with zero attached hydrogens (tertiary/aromatic N) is 1. The minimum Gasteiger partial charge on any atom is -0.478 e. The lowest BCUT2D eigenvalue weighted by molar-refractivity contribution is -0.131. The third-order valence-electron chi connectivity index (χ3n) is 5.94. The highest BCUT2D eigenvalue weighted by molar-refractivity contribution is 5.86. The molecule has 0 amide bonds. The number of aromatic nitrogens is 1. The molecule has 160 valence electrons. The topological polar surface area (TPSA) is 56.3 Å². The van der Waals surface area contributed by atoms with Gasteiger partial charge in [-0.3, -0.25) is 0 Å². The van der Waals surface area contributed by atoms with E-state index in [0.717, 1.165) is 40.4 Å². The summed E-state index contributed by atoms with van der Waals surface area (Å²) in [6.07, 6.45) is 3.42. The first-order valence-electron chi connectivity index (χ1n) is 10.3. The third-order valence-corrected chi connectivity index (χ3v) is 5.94. The van der Waals surface area contributed by atoms with Gasteiger partial charge in [0.15, 0.2) is 0 Å². The average molecular weight is 422 g/mol. The fourth-order valence-corrected chi connectivity index (χ4v) is 4.55. The maximum atomic E-state index is 15.3. The van der Waals surface area contributed by atoms with Gasteiger partial charge in [0.05, 0.1) is 5.56 Å². The number of carboxylic acid groups (broad SMARTS) is 1. The Balaban J connectivity index is 1.94. The smallest absolute Gasteiger partial charge is 0.328 e. The number of H-pyrrole nitrogens is 1. The lowest BCUT2D eigenvalue weighted by Gasteiger charge is -2.43. The number of rotatable bonds is 5. The van der Waals surface area contributed by atoms with Crippen LogP contribution in [0.5, 0.6) is 0 Å². The number of benzene rings is 2. The molecular formula is C25H24F2N2O2. The van der Waals surface area contributed by atoms with E-state index in [1.165, 1.54) is 18.2 Å². The number of allylic oxidation sites excluding steroid dienone is 1. The molecule has 4 rings (SSSR count). The van der Waals surface area contributed by atoms with E-state index in [9.17, 15) is 4.79 Å². The van der Waals surface area contributed by atoms with Crippen molar-refractivity contribution in [2.45, 2.75) is 38.8 Å². The van der Waals surface area contributed by atoms with Gasteiger partial charge >= 0.3 is 5.97 Å². The normalized spacial score (nSPS) is 18.5. The van der Waals surface area contributed by atoms with Crippen LogP contribution in [0.1, 0.15) is 48.7 Å². The fourth-order valence-electron chi connectivity index (χ4n) is 4.55. The number of carboxylic acids is 1. The molecule has 0 aliphatic carbocycles. The molecular weight excluding hydrogens is 398 g/mol.